The molecule has 6 nitrogen and oxygen atoms in total. The first kappa shape index (κ1) is 13.6. The van der Waals surface area contributed by atoms with Gasteiger partial charge in [0.2, 0.25) is 0 Å². The molecule has 2 atom stereocenters. The van der Waals surface area contributed by atoms with Crippen molar-refractivity contribution in [2.24, 2.45) is 0 Å². The molecular weight excluding hydrogens is 246 g/mol. The van der Waals surface area contributed by atoms with Crippen LogP contribution < -0.4 is 10.6 Å². The van der Waals surface area contributed by atoms with E-state index in [1.165, 1.54) is 7.11 Å². The molecule has 0 saturated carbocycles. The highest BCUT2D eigenvalue weighted by molar-refractivity contribution is 5.95. The Morgan fingerprint density at radius 2 is 2.11 bits per heavy atom. The third-order valence-electron chi connectivity index (χ3n) is 3.01. The molecule has 19 heavy (non-hydrogen) atoms. The number of hydrogen-bond donors (Lipinski definition) is 1. The van der Waals surface area contributed by atoms with Gasteiger partial charge in [0.1, 0.15) is 11.4 Å². The molecule has 1 saturated heterocycles. The Morgan fingerprint density at radius 1 is 1.47 bits per heavy atom. The van der Waals surface area contributed by atoms with Gasteiger partial charge < -0.3 is 20.1 Å². The first-order valence-electron chi connectivity index (χ1n) is 6.25. The zero-order chi connectivity index (χ0) is 14.0. The van der Waals surface area contributed by atoms with E-state index in [9.17, 15) is 4.79 Å². The number of rotatable bonds is 2. The van der Waals surface area contributed by atoms with Gasteiger partial charge in [0.05, 0.1) is 31.2 Å². The van der Waals surface area contributed by atoms with Crippen LogP contribution in [0.3, 0.4) is 0 Å². The van der Waals surface area contributed by atoms with Crippen LogP contribution in [-0.2, 0) is 9.47 Å². The van der Waals surface area contributed by atoms with Crippen molar-refractivity contribution < 1.29 is 14.3 Å². The minimum absolute atomic E-state index is 0.0913. The van der Waals surface area contributed by atoms with E-state index in [1.807, 2.05) is 18.7 Å². The first-order valence-corrected chi connectivity index (χ1v) is 6.25. The van der Waals surface area contributed by atoms with Crippen LogP contribution >= 0.6 is 0 Å². The summed E-state index contributed by atoms with van der Waals surface area (Å²) in [4.78, 5) is 18.1. The number of anilines is 2. The molecule has 0 amide bonds. The highest BCUT2D eigenvalue weighted by Gasteiger charge is 2.27. The Kier molecular flexibility index (Phi) is 3.90. The molecule has 104 valence electrons. The second-order valence-corrected chi connectivity index (χ2v) is 4.79. The molecule has 2 N–H and O–H groups in total. The lowest BCUT2D eigenvalue weighted by Crippen LogP contribution is -2.46. The van der Waals surface area contributed by atoms with Gasteiger partial charge >= 0.3 is 5.97 Å². The van der Waals surface area contributed by atoms with Crippen molar-refractivity contribution in [2.75, 3.05) is 30.8 Å². The minimum atomic E-state index is -0.429. The summed E-state index contributed by atoms with van der Waals surface area (Å²) in [6, 6.07) is 1.60. The maximum atomic E-state index is 11.8. The highest BCUT2D eigenvalue weighted by Crippen LogP contribution is 2.24. The lowest BCUT2D eigenvalue weighted by molar-refractivity contribution is -0.00557. The quantitative estimate of drug-likeness (QED) is 0.806. The van der Waals surface area contributed by atoms with Crippen LogP contribution in [0.1, 0.15) is 24.2 Å². The van der Waals surface area contributed by atoms with Gasteiger partial charge in [0.15, 0.2) is 0 Å². The van der Waals surface area contributed by atoms with E-state index in [4.69, 9.17) is 15.2 Å². The van der Waals surface area contributed by atoms with Gasteiger partial charge in [-0.1, -0.05) is 0 Å². The largest absolute Gasteiger partial charge is 0.465 e. The van der Waals surface area contributed by atoms with E-state index in [0.29, 0.717) is 30.2 Å². The van der Waals surface area contributed by atoms with E-state index < -0.39 is 5.97 Å². The van der Waals surface area contributed by atoms with E-state index in [2.05, 4.69) is 4.98 Å². The van der Waals surface area contributed by atoms with Crippen molar-refractivity contribution in [3.63, 3.8) is 0 Å². The van der Waals surface area contributed by atoms with Crippen LogP contribution in [0.2, 0.25) is 0 Å². The third-order valence-corrected chi connectivity index (χ3v) is 3.01. The standard InChI is InChI=1S/C13H19N3O3/c1-8-6-16(7-9(2)19-8)12-11(13(17)18-3)4-10(14)5-15-12/h4-5,8-9H,6-7,14H2,1-3H3/t8-,9+. The molecule has 0 aliphatic carbocycles. The number of morpholine rings is 1. The molecule has 2 rings (SSSR count). The second-order valence-electron chi connectivity index (χ2n) is 4.79. The van der Waals surface area contributed by atoms with Crippen LogP contribution in [0, 0.1) is 0 Å². The molecular formula is C13H19N3O3. The summed E-state index contributed by atoms with van der Waals surface area (Å²) in [6.07, 6.45) is 1.73. The van der Waals surface area contributed by atoms with E-state index >= 15 is 0 Å². The van der Waals surface area contributed by atoms with Crippen LogP contribution in [0.15, 0.2) is 12.3 Å². The lowest BCUT2D eigenvalue weighted by Gasteiger charge is -2.36. The molecule has 1 aromatic rings. The molecule has 1 aliphatic rings. The molecule has 0 unspecified atom stereocenters. The SMILES string of the molecule is COC(=O)c1cc(N)cnc1N1C[C@@H](C)O[C@@H](C)C1. The Labute approximate surface area is 112 Å². The fourth-order valence-electron chi connectivity index (χ4n) is 2.34. The summed E-state index contributed by atoms with van der Waals surface area (Å²) in [5.74, 6) is 0.171. The number of nitrogens with two attached hydrogens (primary N) is 1. The average Bonchev–Trinajstić information content (AvgIpc) is 2.36. The molecule has 0 radical (unpaired) electrons. The summed E-state index contributed by atoms with van der Waals surface area (Å²) in [6.45, 7) is 5.37. The Bertz CT molecular complexity index is 468. The van der Waals surface area contributed by atoms with Crippen molar-refractivity contribution in [3.8, 4) is 0 Å². The first-order chi connectivity index (χ1) is 9.01. The number of nitrogen functional groups attached to an aromatic ring is 1. The van der Waals surface area contributed by atoms with Crippen LogP contribution in [0.5, 0.6) is 0 Å². The van der Waals surface area contributed by atoms with Crippen molar-refractivity contribution in [3.05, 3.63) is 17.8 Å². The number of carbonyl (C=O) groups is 1. The summed E-state index contributed by atoms with van der Waals surface area (Å²) in [5.41, 5.74) is 6.53. The van der Waals surface area contributed by atoms with Crippen molar-refractivity contribution in [1.82, 2.24) is 4.98 Å². The van der Waals surface area contributed by atoms with Crippen LogP contribution in [0.25, 0.3) is 0 Å². The maximum absolute atomic E-state index is 11.8. The number of aromatic nitrogens is 1. The van der Waals surface area contributed by atoms with Crippen molar-refractivity contribution >= 4 is 17.5 Å². The Balaban J connectivity index is 2.35. The fourth-order valence-corrected chi connectivity index (χ4v) is 2.34. The molecule has 0 spiro atoms. The molecule has 1 aromatic heterocycles. The Hall–Kier alpha value is -1.82. The van der Waals surface area contributed by atoms with Crippen molar-refractivity contribution in [2.45, 2.75) is 26.1 Å². The summed E-state index contributed by atoms with van der Waals surface area (Å²) >= 11 is 0. The summed E-state index contributed by atoms with van der Waals surface area (Å²) in [7, 11) is 1.35. The zero-order valence-electron chi connectivity index (χ0n) is 11.4. The molecule has 0 bridgehead atoms. The molecule has 0 aromatic carbocycles. The normalized spacial score (nSPS) is 23.2. The topological polar surface area (TPSA) is 77.7 Å². The molecule has 1 aliphatic heterocycles. The van der Waals surface area contributed by atoms with Crippen LogP contribution in [-0.4, -0.2) is 43.4 Å². The molecule has 1 fully saturated rings. The van der Waals surface area contributed by atoms with Gasteiger partial charge in [-0.3, -0.25) is 0 Å². The maximum Gasteiger partial charge on any atom is 0.341 e. The molecule has 6 heteroatoms. The number of esters is 1. The number of hydrogen-bond acceptors (Lipinski definition) is 6. The lowest BCUT2D eigenvalue weighted by atomic mass is 10.1. The smallest absolute Gasteiger partial charge is 0.341 e. The van der Waals surface area contributed by atoms with Gasteiger partial charge in [0.25, 0.3) is 0 Å². The fraction of sp³-hybridized carbons (Fsp3) is 0.538. The van der Waals surface area contributed by atoms with Crippen molar-refractivity contribution in [1.29, 1.82) is 0 Å². The van der Waals surface area contributed by atoms with Gasteiger partial charge in [-0.05, 0) is 19.9 Å². The highest BCUT2D eigenvalue weighted by atomic mass is 16.5. The number of carbonyl (C=O) groups excluding carboxylic acids is 1. The van der Waals surface area contributed by atoms with Crippen LogP contribution in [0.4, 0.5) is 11.5 Å². The number of methoxy groups -OCH3 is 1. The monoisotopic (exact) mass is 265 g/mol. The van der Waals surface area contributed by atoms with Gasteiger partial charge in [0, 0.05) is 13.1 Å². The van der Waals surface area contributed by atoms with Gasteiger partial charge in [-0.15, -0.1) is 0 Å². The van der Waals surface area contributed by atoms with E-state index in [0.717, 1.165) is 0 Å². The van der Waals surface area contributed by atoms with Gasteiger partial charge in [-0.25, -0.2) is 9.78 Å². The second kappa shape index (κ2) is 5.44. The number of nitrogens with zero attached hydrogens (tertiary/aromatic N) is 2. The summed E-state index contributed by atoms with van der Waals surface area (Å²) < 4.78 is 10.5. The molecule has 2 heterocycles. The minimum Gasteiger partial charge on any atom is -0.465 e. The van der Waals surface area contributed by atoms with E-state index in [-0.39, 0.29) is 12.2 Å². The predicted molar refractivity (Wildman–Crippen MR) is 72.2 cm³/mol. The average molecular weight is 265 g/mol. The summed E-state index contributed by atoms with van der Waals surface area (Å²) in [5, 5.41) is 0. The number of pyridine rings is 1. The van der Waals surface area contributed by atoms with E-state index in [1.54, 1.807) is 12.3 Å². The third kappa shape index (κ3) is 2.96. The zero-order valence-corrected chi connectivity index (χ0v) is 11.4. The predicted octanol–water partition coefficient (Wildman–Crippen LogP) is 1.06. The number of ether oxygens (including phenoxy) is 2. The Morgan fingerprint density at radius 3 is 2.68 bits per heavy atom. The van der Waals surface area contributed by atoms with Gasteiger partial charge in [-0.2, -0.15) is 0 Å².